The maximum absolute atomic E-state index is 12.0. The van der Waals surface area contributed by atoms with Crippen LogP contribution in [0.25, 0.3) is 10.8 Å². The molecule has 2 aromatic carbocycles. The number of hydrogen-bond donors (Lipinski definition) is 0. The second-order valence-electron chi connectivity index (χ2n) is 5.57. The van der Waals surface area contributed by atoms with Crippen LogP contribution in [0.3, 0.4) is 0 Å². The number of carbonyl (C=O) groups is 1. The van der Waals surface area contributed by atoms with Crippen molar-refractivity contribution in [3.05, 3.63) is 42.0 Å². The number of esters is 1. The van der Waals surface area contributed by atoms with Crippen molar-refractivity contribution < 1.29 is 19.0 Å². The minimum atomic E-state index is -0.448. The van der Waals surface area contributed by atoms with Crippen LogP contribution in [0.2, 0.25) is 0 Å². The number of hydrogen-bond acceptors (Lipinski definition) is 4. The smallest absolute Gasteiger partial charge is 0.341 e. The van der Waals surface area contributed by atoms with E-state index in [0.29, 0.717) is 23.8 Å². The van der Waals surface area contributed by atoms with Crippen molar-refractivity contribution in [2.45, 2.75) is 27.1 Å². The molecule has 2 aromatic rings. The molecule has 0 radical (unpaired) electrons. The number of methoxy groups -OCH3 is 1. The van der Waals surface area contributed by atoms with Gasteiger partial charge in [0.2, 0.25) is 0 Å². The lowest BCUT2D eigenvalue weighted by atomic mass is 10.1. The molecule has 0 bridgehead atoms. The molecule has 0 N–H and O–H groups in total. The lowest BCUT2D eigenvalue weighted by Crippen LogP contribution is -2.20. The van der Waals surface area contributed by atoms with Crippen molar-refractivity contribution in [2.24, 2.45) is 5.92 Å². The highest BCUT2D eigenvalue weighted by atomic mass is 16.7. The van der Waals surface area contributed by atoms with Gasteiger partial charge >= 0.3 is 5.97 Å². The van der Waals surface area contributed by atoms with E-state index in [-0.39, 0.29) is 0 Å². The van der Waals surface area contributed by atoms with Gasteiger partial charge in [-0.05, 0) is 24.3 Å². The predicted molar refractivity (Wildman–Crippen MR) is 86.2 cm³/mol. The van der Waals surface area contributed by atoms with E-state index >= 15 is 0 Å². The Morgan fingerprint density at radius 3 is 2.50 bits per heavy atom. The minimum absolute atomic E-state index is 0.404. The molecule has 0 aliphatic carbocycles. The van der Waals surface area contributed by atoms with Gasteiger partial charge in [0.05, 0.1) is 13.7 Å². The van der Waals surface area contributed by atoms with Crippen molar-refractivity contribution in [1.29, 1.82) is 0 Å². The minimum Gasteiger partial charge on any atom is -0.465 e. The zero-order valence-electron chi connectivity index (χ0n) is 13.5. The Morgan fingerprint density at radius 2 is 1.82 bits per heavy atom. The number of rotatable bonds is 6. The Labute approximate surface area is 131 Å². The van der Waals surface area contributed by atoms with E-state index in [1.807, 2.05) is 37.3 Å². The Morgan fingerprint density at radius 1 is 1.09 bits per heavy atom. The van der Waals surface area contributed by atoms with Crippen LogP contribution >= 0.6 is 0 Å². The molecule has 0 spiro atoms. The van der Waals surface area contributed by atoms with Gasteiger partial charge in [-0.25, -0.2) is 4.79 Å². The summed E-state index contributed by atoms with van der Waals surface area (Å²) in [5.41, 5.74) is 0.404. The lowest BCUT2D eigenvalue weighted by molar-refractivity contribution is -0.0751. The third kappa shape index (κ3) is 3.77. The van der Waals surface area contributed by atoms with Crippen molar-refractivity contribution in [2.75, 3.05) is 13.7 Å². The van der Waals surface area contributed by atoms with Crippen molar-refractivity contribution in [1.82, 2.24) is 0 Å². The first-order valence-corrected chi connectivity index (χ1v) is 7.41. The van der Waals surface area contributed by atoms with Crippen LogP contribution in [0.5, 0.6) is 5.75 Å². The number of carbonyl (C=O) groups excluding carboxylic acids is 1. The first-order valence-electron chi connectivity index (χ1n) is 7.41. The van der Waals surface area contributed by atoms with E-state index in [9.17, 15) is 4.79 Å². The highest BCUT2D eigenvalue weighted by molar-refractivity contribution is 6.01. The van der Waals surface area contributed by atoms with Crippen LogP contribution in [0.4, 0.5) is 0 Å². The standard InChI is InChI=1S/C18H22O4/c1-12(2)11-21-13(3)22-17-15-8-6-5-7-14(15)9-10-16(17)18(19)20-4/h5-10,12-13H,11H2,1-4H3. The summed E-state index contributed by atoms with van der Waals surface area (Å²) in [5, 5.41) is 1.87. The molecule has 118 valence electrons. The third-order valence-corrected chi connectivity index (χ3v) is 3.23. The first-order chi connectivity index (χ1) is 10.5. The maximum Gasteiger partial charge on any atom is 0.341 e. The quantitative estimate of drug-likeness (QED) is 0.597. The van der Waals surface area contributed by atoms with Crippen molar-refractivity contribution in [3.8, 4) is 5.75 Å². The summed E-state index contributed by atoms with van der Waals surface area (Å²) in [6.07, 6.45) is -0.448. The summed E-state index contributed by atoms with van der Waals surface area (Å²) in [4.78, 5) is 12.0. The zero-order valence-corrected chi connectivity index (χ0v) is 13.5. The average molecular weight is 302 g/mol. The molecule has 1 atom stereocenters. The van der Waals surface area contributed by atoms with E-state index < -0.39 is 12.3 Å². The number of fused-ring (bicyclic) bond motifs is 1. The highest BCUT2D eigenvalue weighted by Crippen LogP contribution is 2.31. The molecular formula is C18H22O4. The molecule has 0 aliphatic heterocycles. The topological polar surface area (TPSA) is 44.8 Å². The van der Waals surface area contributed by atoms with E-state index in [2.05, 4.69) is 13.8 Å². The molecule has 0 saturated heterocycles. The van der Waals surface area contributed by atoms with Crippen LogP contribution < -0.4 is 4.74 Å². The lowest BCUT2D eigenvalue weighted by Gasteiger charge is -2.19. The molecule has 22 heavy (non-hydrogen) atoms. The summed E-state index contributed by atoms with van der Waals surface area (Å²) in [5.74, 6) is 0.497. The molecule has 4 heteroatoms. The van der Waals surface area contributed by atoms with E-state index in [4.69, 9.17) is 14.2 Å². The fourth-order valence-corrected chi connectivity index (χ4v) is 2.17. The van der Waals surface area contributed by atoms with Gasteiger partial charge in [-0.15, -0.1) is 0 Å². The largest absolute Gasteiger partial charge is 0.465 e. The molecule has 0 amide bonds. The van der Waals surface area contributed by atoms with Crippen molar-refractivity contribution in [3.63, 3.8) is 0 Å². The van der Waals surface area contributed by atoms with Gasteiger partial charge < -0.3 is 14.2 Å². The van der Waals surface area contributed by atoms with Gasteiger partial charge in [-0.3, -0.25) is 0 Å². The third-order valence-electron chi connectivity index (χ3n) is 3.23. The molecule has 2 rings (SSSR count). The highest BCUT2D eigenvalue weighted by Gasteiger charge is 2.18. The SMILES string of the molecule is COC(=O)c1ccc2ccccc2c1OC(C)OCC(C)C. The Hall–Kier alpha value is -2.07. The predicted octanol–water partition coefficient (Wildman–Crippen LogP) is 4.02. The van der Waals surface area contributed by atoms with Gasteiger partial charge in [0.1, 0.15) is 11.3 Å². The Balaban J connectivity index is 2.37. The summed E-state index contributed by atoms with van der Waals surface area (Å²) in [6, 6.07) is 11.4. The first kappa shape index (κ1) is 16.3. The van der Waals surface area contributed by atoms with Gasteiger partial charge in [-0.1, -0.05) is 44.2 Å². The normalized spacial score (nSPS) is 12.4. The fraction of sp³-hybridized carbons (Fsp3) is 0.389. The zero-order chi connectivity index (χ0) is 16.1. The van der Waals surface area contributed by atoms with Crippen LogP contribution in [-0.4, -0.2) is 26.0 Å². The molecule has 4 nitrogen and oxygen atoms in total. The fourth-order valence-electron chi connectivity index (χ4n) is 2.17. The molecule has 0 fully saturated rings. The summed E-state index contributed by atoms with van der Waals surface area (Å²) >= 11 is 0. The van der Waals surface area contributed by atoms with Crippen LogP contribution in [0.1, 0.15) is 31.1 Å². The molecule has 0 heterocycles. The Bertz CT molecular complexity index is 649. The van der Waals surface area contributed by atoms with E-state index in [1.54, 1.807) is 6.07 Å². The van der Waals surface area contributed by atoms with Crippen LogP contribution in [-0.2, 0) is 9.47 Å². The summed E-state index contributed by atoms with van der Waals surface area (Å²) in [7, 11) is 1.36. The molecular weight excluding hydrogens is 280 g/mol. The van der Waals surface area contributed by atoms with Crippen LogP contribution in [0.15, 0.2) is 36.4 Å². The maximum atomic E-state index is 12.0. The van der Waals surface area contributed by atoms with E-state index in [0.717, 1.165) is 10.8 Å². The second kappa shape index (κ2) is 7.27. The summed E-state index contributed by atoms with van der Waals surface area (Å²) in [6.45, 7) is 6.57. The molecule has 1 unspecified atom stereocenters. The van der Waals surface area contributed by atoms with Gasteiger partial charge in [0.25, 0.3) is 0 Å². The van der Waals surface area contributed by atoms with Crippen molar-refractivity contribution >= 4 is 16.7 Å². The molecule has 0 aliphatic rings. The monoisotopic (exact) mass is 302 g/mol. The van der Waals surface area contributed by atoms with E-state index in [1.165, 1.54) is 7.11 Å². The summed E-state index contributed by atoms with van der Waals surface area (Å²) < 4.78 is 16.4. The second-order valence-corrected chi connectivity index (χ2v) is 5.57. The molecule has 0 aromatic heterocycles. The average Bonchev–Trinajstić information content (AvgIpc) is 2.52. The molecule has 0 saturated carbocycles. The van der Waals surface area contributed by atoms with Crippen LogP contribution in [0, 0.1) is 5.92 Å². The Kier molecular flexibility index (Phi) is 5.39. The number of benzene rings is 2. The number of ether oxygens (including phenoxy) is 3. The van der Waals surface area contributed by atoms with Gasteiger partial charge in [-0.2, -0.15) is 0 Å². The van der Waals surface area contributed by atoms with Gasteiger partial charge in [0, 0.05) is 5.39 Å². The van der Waals surface area contributed by atoms with Gasteiger partial charge in [0.15, 0.2) is 6.29 Å².